The monoisotopic (exact) mass is 484 g/mol. The summed E-state index contributed by atoms with van der Waals surface area (Å²) in [6.45, 7) is 12.8. The molecule has 192 valence electrons. The number of aromatic nitrogens is 2. The van der Waals surface area contributed by atoms with Crippen LogP contribution >= 0.6 is 0 Å². The minimum atomic E-state index is -0.691. The number of rotatable bonds is 5. The number of hydrogen-bond donors (Lipinski definition) is 2. The highest BCUT2D eigenvalue weighted by atomic mass is 16.6. The zero-order chi connectivity index (χ0) is 25.2. The van der Waals surface area contributed by atoms with Gasteiger partial charge in [-0.1, -0.05) is 6.07 Å². The van der Waals surface area contributed by atoms with E-state index in [1.165, 1.54) is 12.8 Å². The molecule has 2 aromatic rings. The van der Waals surface area contributed by atoms with Gasteiger partial charge in [-0.3, -0.25) is 14.8 Å². The van der Waals surface area contributed by atoms with Crippen molar-refractivity contribution < 1.29 is 14.3 Å². The molecule has 2 aliphatic heterocycles. The average Bonchev–Trinajstić information content (AvgIpc) is 3.27. The molecule has 1 unspecified atom stereocenters. The minimum absolute atomic E-state index is 0.0520. The summed E-state index contributed by atoms with van der Waals surface area (Å²) in [6, 6.07) is 3.99. The Kier molecular flexibility index (Phi) is 7.66. The Balaban J connectivity index is 1.44. The first kappa shape index (κ1) is 25.4. The van der Waals surface area contributed by atoms with Gasteiger partial charge in [-0.05, 0) is 77.9 Å². The van der Waals surface area contributed by atoms with E-state index < -0.39 is 17.7 Å². The van der Waals surface area contributed by atoms with Gasteiger partial charge in [-0.15, -0.1) is 0 Å². The molecular formula is C26H40N6O3. The van der Waals surface area contributed by atoms with Crippen LogP contribution in [0.2, 0.25) is 0 Å². The molecule has 9 heteroatoms. The molecule has 3 heterocycles. The molecule has 0 radical (unpaired) electrons. The summed E-state index contributed by atoms with van der Waals surface area (Å²) in [6.07, 6.45) is 3.98. The summed E-state index contributed by atoms with van der Waals surface area (Å²) in [7, 11) is 2.18. The molecule has 0 aliphatic carbocycles. The van der Waals surface area contributed by atoms with Crippen LogP contribution < -0.4 is 5.32 Å². The number of piperazine rings is 1. The summed E-state index contributed by atoms with van der Waals surface area (Å²) < 4.78 is 5.48. The van der Waals surface area contributed by atoms with Gasteiger partial charge >= 0.3 is 6.09 Å². The highest BCUT2D eigenvalue weighted by Gasteiger charge is 2.32. The number of carbonyl (C=O) groups is 2. The van der Waals surface area contributed by atoms with Crippen molar-refractivity contribution in [1.82, 2.24) is 30.2 Å². The van der Waals surface area contributed by atoms with E-state index in [-0.39, 0.29) is 5.91 Å². The van der Waals surface area contributed by atoms with Crippen LogP contribution in [0.15, 0.2) is 18.3 Å². The molecular weight excluding hydrogens is 444 g/mol. The smallest absolute Gasteiger partial charge is 0.408 e. The minimum Gasteiger partial charge on any atom is -0.444 e. The maximum Gasteiger partial charge on any atom is 0.408 e. The number of amides is 2. The van der Waals surface area contributed by atoms with Crippen molar-refractivity contribution in [3.8, 4) is 0 Å². The number of nitrogens with zero attached hydrogens (tertiary/aromatic N) is 4. The van der Waals surface area contributed by atoms with E-state index in [2.05, 4.69) is 38.4 Å². The Bertz CT molecular complexity index is 1030. The van der Waals surface area contributed by atoms with Crippen LogP contribution in [0.4, 0.5) is 4.79 Å². The molecule has 2 aliphatic rings. The fraction of sp³-hybridized carbons (Fsp3) is 0.654. The maximum absolute atomic E-state index is 13.6. The van der Waals surface area contributed by atoms with Gasteiger partial charge in [-0.25, -0.2) is 4.79 Å². The molecule has 1 aromatic heterocycles. The molecule has 2 amide bonds. The van der Waals surface area contributed by atoms with Crippen molar-refractivity contribution in [3.63, 3.8) is 0 Å². The lowest BCUT2D eigenvalue weighted by Crippen LogP contribution is -2.58. The Morgan fingerprint density at radius 3 is 2.49 bits per heavy atom. The first-order valence-electron chi connectivity index (χ1n) is 12.7. The first-order chi connectivity index (χ1) is 16.6. The van der Waals surface area contributed by atoms with E-state index in [9.17, 15) is 9.59 Å². The number of alkyl carbamates (subject to hydrolysis) is 1. The second-order valence-electron chi connectivity index (χ2n) is 11.0. The van der Waals surface area contributed by atoms with Crippen LogP contribution in [-0.4, -0.2) is 101 Å². The van der Waals surface area contributed by atoms with Crippen molar-refractivity contribution >= 4 is 22.9 Å². The van der Waals surface area contributed by atoms with Crippen LogP contribution in [0.1, 0.15) is 44.7 Å². The quantitative estimate of drug-likeness (QED) is 0.678. The van der Waals surface area contributed by atoms with Crippen molar-refractivity contribution in [1.29, 1.82) is 0 Å². The number of nitrogens with one attached hydrogen (secondary N) is 2. The third-order valence-corrected chi connectivity index (χ3v) is 7.07. The topological polar surface area (TPSA) is 93.8 Å². The standard InChI is InChI=1S/C26H40N6O3/c1-18-14-19(15-20-17-27-29-23(18)20)16-22(28-25(34)35-26(2,3)4)24(33)32-12-10-31(11-13-32)21-6-8-30(5)9-7-21/h14-15,17,21-22H,6-13,16H2,1-5H3,(H,27,29)(H,28,34). The second-order valence-corrected chi connectivity index (χ2v) is 11.0. The van der Waals surface area contributed by atoms with Crippen molar-refractivity contribution in [2.45, 2.75) is 64.6 Å². The predicted octanol–water partition coefficient (Wildman–Crippen LogP) is 2.55. The van der Waals surface area contributed by atoms with E-state index in [1.54, 1.807) is 6.20 Å². The molecule has 1 atom stereocenters. The van der Waals surface area contributed by atoms with E-state index >= 15 is 0 Å². The molecule has 0 bridgehead atoms. The lowest BCUT2D eigenvalue weighted by molar-refractivity contribution is -0.135. The third-order valence-electron chi connectivity index (χ3n) is 7.07. The summed E-state index contributed by atoms with van der Waals surface area (Å²) in [5.41, 5.74) is 2.40. The number of aromatic amines is 1. The first-order valence-corrected chi connectivity index (χ1v) is 12.7. The largest absolute Gasteiger partial charge is 0.444 e. The van der Waals surface area contributed by atoms with E-state index in [0.717, 1.165) is 48.2 Å². The normalized spacial score (nSPS) is 19.6. The number of hydrogen-bond acceptors (Lipinski definition) is 6. The summed E-state index contributed by atoms with van der Waals surface area (Å²) >= 11 is 0. The Morgan fingerprint density at radius 2 is 1.83 bits per heavy atom. The maximum atomic E-state index is 13.6. The number of ether oxygens (including phenoxy) is 1. The molecule has 9 nitrogen and oxygen atoms in total. The van der Waals surface area contributed by atoms with Crippen LogP contribution in [0.5, 0.6) is 0 Å². The van der Waals surface area contributed by atoms with E-state index in [1.807, 2.05) is 38.7 Å². The van der Waals surface area contributed by atoms with Crippen molar-refractivity contribution in [3.05, 3.63) is 29.5 Å². The second kappa shape index (κ2) is 10.5. The van der Waals surface area contributed by atoms with Gasteiger partial charge in [0, 0.05) is 44.0 Å². The average molecular weight is 485 g/mol. The Labute approximate surface area is 208 Å². The fourth-order valence-electron chi connectivity index (χ4n) is 5.20. The lowest BCUT2D eigenvalue weighted by atomic mass is 10.00. The molecule has 0 spiro atoms. The summed E-state index contributed by atoms with van der Waals surface area (Å²) in [4.78, 5) is 33.1. The zero-order valence-electron chi connectivity index (χ0n) is 21.8. The molecule has 0 saturated carbocycles. The van der Waals surface area contributed by atoms with Crippen LogP contribution in [0.3, 0.4) is 0 Å². The summed E-state index contributed by atoms with van der Waals surface area (Å²) in [5.74, 6) is -0.0520. The SMILES string of the molecule is Cc1cc(CC(NC(=O)OC(C)(C)C)C(=O)N2CCN(C3CCN(C)CC3)CC2)cc2cn[nH]c12. The van der Waals surface area contributed by atoms with Gasteiger partial charge in [0.25, 0.3) is 0 Å². The highest BCUT2D eigenvalue weighted by Crippen LogP contribution is 2.21. The van der Waals surface area contributed by atoms with Crippen molar-refractivity contribution in [2.75, 3.05) is 46.3 Å². The van der Waals surface area contributed by atoms with Crippen LogP contribution in [0.25, 0.3) is 10.9 Å². The van der Waals surface area contributed by atoms with Gasteiger partial charge < -0.3 is 19.9 Å². The van der Waals surface area contributed by atoms with Gasteiger partial charge in [0.1, 0.15) is 11.6 Å². The zero-order valence-corrected chi connectivity index (χ0v) is 21.8. The predicted molar refractivity (Wildman–Crippen MR) is 136 cm³/mol. The van der Waals surface area contributed by atoms with E-state index in [4.69, 9.17) is 4.74 Å². The Hall–Kier alpha value is -2.65. The van der Waals surface area contributed by atoms with Gasteiger partial charge in [0.2, 0.25) is 5.91 Å². The third kappa shape index (κ3) is 6.52. The van der Waals surface area contributed by atoms with Gasteiger partial charge in [0.05, 0.1) is 11.7 Å². The number of likely N-dealkylation sites (tertiary alicyclic amines) is 1. The number of H-pyrrole nitrogens is 1. The summed E-state index contributed by atoms with van der Waals surface area (Å²) in [5, 5.41) is 11.0. The molecule has 4 rings (SSSR count). The number of carbonyl (C=O) groups excluding carboxylic acids is 2. The fourth-order valence-corrected chi connectivity index (χ4v) is 5.20. The van der Waals surface area contributed by atoms with E-state index in [0.29, 0.717) is 25.6 Å². The van der Waals surface area contributed by atoms with Crippen molar-refractivity contribution in [2.24, 2.45) is 0 Å². The number of benzene rings is 1. The Morgan fingerprint density at radius 1 is 1.14 bits per heavy atom. The van der Waals surface area contributed by atoms with Gasteiger partial charge in [-0.2, -0.15) is 5.10 Å². The highest BCUT2D eigenvalue weighted by molar-refractivity contribution is 5.87. The lowest BCUT2D eigenvalue weighted by Gasteiger charge is -2.42. The molecule has 2 N–H and O–H groups in total. The van der Waals surface area contributed by atoms with Crippen LogP contribution in [0, 0.1) is 6.92 Å². The molecule has 2 fully saturated rings. The molecule has 1 aromatic carbocycles. The number of piperidine rings is 1. The molecule has 35 heavy (non-hydrogen) atoms. The number of aryl methyl sites for hydroxylation is 1. The van der Waals surface area contributed by atoms with Crippen LogP contribution in [-0.2, 0) is 16.0 Å². The number of fused-ring (bicyclic) bond motifs is 1. The van der Waals surface area contributed by atoms with Gasteiger partial charge in [0.15, 0.2) is 0 Å². The molecule has 2 saturated heterocycles.